The number of carbonyl (C=O) groups is 2. The molecule has 0 radical (unpaired) electrons. The highest BCUT2D eigenvalue weighted by Gasteiger charge is 2.24. The van der Waals surface area contributed by atoms with E-state index >= 15 is 0 Å². The van der Waals surface area contributed by atoms with Gasteiger partial charge in [-0.1, -0.05) is 23.8 Å². The van der Waals surface area contributed by atoms with E-state index in [0.717, 1.165) is 21.3 Å². The van der Waals surface area contributed by atoms with E-state index in [-0.39, 0.29) is 10.7 Å². The van der Waals surface area contributed by atoms with Crippen LogP contribution in [-0.2, 0) is 26.1 Å². The molecule has 3 rings (SSSR count). The number of sulfonamides is 1. The number of thiophene rings is 1. The van der Waals surface area contributed by atoms with Crippen LogP contribution in [0.4, 0.5) is 0 Å². The summed E-state index contributed by atoms with van der Waals surface area (Å²) in [5.74, 6) is -1.11. The predicted octanol–water partition coefficient (Wildman–Crippen LogP) is 3.57. The number of nitrogens with zero attached hydrogens (tertiary/aromatic N) is 2. The lowest BCUT2D eigenvalue weighted by atomic mass is 10.1. The van der Waals surface area contributed by atoms with Crippen molar-refractivity contribution in [3.63, 3.8) is 0 Å². The monoisotopic (exact) mass is 474 g/mol. The fourth-order valence-corrected chi connectivity index (χ4v) is 5.12. The molecule has 0 bridgehead atoms. The Morgan fingerprint density at radius 1 is 1.09 bits per heavy atom. The molecule has 0 saturated heterocycles. The summed E-state index contributed by atoms with van der Waals surface area (Å²) in [5.41, 5.74) is 3.16. The largest absolute Gasteiger partial charge is 0.456 e. The maximum Gasteiger partial charge on any atom is 0.321 e. The molecule has 3 aromatic rings. The van der Waals surface area contributed by atoms with Crippen LogP contribution in [-0.4, -0.2) is 49.2 Å². The van der Waals surface area contributed by atoms with Gasteiger partial charge in [0.05, 0.1) is 11.4 Å². The van der Waals surface area contributed by atoms with Crippen molar-refractivity contribution >= 4 is 33.1 Å². The Balaban J connectivity index is 1.60. The molecule has 32 heavy (non-hydrogen) atoms. The number of rotatable bonds is 9. The molecule has 0 amide bonds. The van der Waals surface area contributed by atoms with Gasteiger partial charge in [0.15, 0.2) is 6.61 Å². The van der Waals surface area contributed by atoms with Gasteiger partial charge in [0.2, 0.25) is 15.8 Å². The van der Waals surface area contributed by atoms with Crippen LogP contribution in [0.2, 0.25) is 0 Å². The number of hydrogen-bond donors (Lipinski definition) is 0. The van der Waals surface area contributed by atoms with Crippen molar-refractivity contribution < 1.29 is 22.7 Å². The molecule has 0 fully saturated rings. The molecule has 0 N–H and O–H groups in total. The smallest absolute Gasteiger partial charge is 0.321 e. The standard InChI is InChI=1S/C23H26N2O5S2/c1-16-7-9-20(10-8-16)32(28,29)24(4)14-23(27)30-15-22(26)21-12-17(2)25(18(21)3)13-19-6-5-11-31-19/h5-12H,13-15H2,1-4H3. The van der Waals surface area contributed by atoms with Gasteiger partial charge >= 0.3 is 5.97 Å². The minimum absolute atomic E-state index is 0.0904. The second-order valence-corrected chi connectivity index (χ2v) is 10.7. The van der Waals surface area contributed by atoms with Crippen molar-refractivity contribution in [3.05, 3.63) is 75.2 Å². The summed E-state index contributed by atoms with van der Waals surface area (Å²) < 4.78 is 33.3. The first kappa shape index (κ1) is 23.9. The molecular formula is C23H26N2O5S2. The Bertz CT molecular complexity index is 1210. The quantitative estimate of drug-likeness (QED) is 0.350. The third kappa shape index (κ3) is 5.35. The third-order valence-electron chi connectivity index (χ3n) is 5.21. The lowest BCUT2D eigenvalue weighted by Crippen LogP contribution is -2.33. The number of ketones is 1. The van der Waals surface area contributed by atoms with Crippen molar-refractivity contribution in [1.29, 1.82) is 0 Å². The minimum Gasteiger partial charge on any atom is -0.456 e. The fourth-order valence-electron chi connectivity index (χ4n) is 3.31. The van der Waals surface area contributed by atoms with Gasteiger partial charge in [0.1, 0.15) is 6.54 Å². The highest BCUT2D eigenvalue weighted by molar-refractivity contribution is 7.89. The zero-order valence-electron chi connectivity index (χ0n) is 18.5. The molecule has 1 aromatic carbocycles. The van der Waals surface area contributed by atoms with Crippen molar-refractivity contribution in [2.45, 2.75) is 32.2 Å². The molecule has 7 nitrogen and oxygen atoms in total. The van der Waals surface area contributed by atoms with Crippen LogP contribution in [0.1, 0.15) is 32.2 Å². The predicted molar refractivity (Wildman–Crippen MR) is 124 cm³/mol. The SMILES string of the molecule is Cc1ccc(S(=O)(=O)N(C)CC(=O)OCC(=O)c2cc(C)n(Cc3cccs3)c2C)cc1. The first-order valence-electron chi connectivity index (χ1n) is 10.0. The van der Waals surface area contributed by atoms with Gasteiger partial charge in [-0.25, -0.2) is 8.42 Å². The summed E-state index contributed by atoms with van der Waals surface area (Å²) >= 11 is 1.64. The average Bonchev–Trinajstić information content (AvgIpc) is 3.36. The molecule has 9 heteroatoms. The van der Waals surface area contributed by atoms with Crippen LogP contribution in [0.25, 0.3) is 0 Å². The highest BCUT2D eigenvalue weighted by Crippen LogP contribution is 2.20. The van der Waals surface area contributed by atoms with Gasteiger partial charge in [-0.15, -0.1) is 11.3 Å². The number of Topliss-reactive ketones (excluding diaryl/α,β-unsaturated/α-hetero) is 1. The zero-order valence-corrected chi connectivity index (χ0v) is 20.1. The molecule has 2 aromatic heterocycles. The molecule has 0 atom stereocenters. The number of carbonyl (C=O) groups excluding carboxylic acids is 2. The van der Waals surface area contributed by atoms with E-state index in [0.29, 0.717) is 12.1 Å². The Labute approximate surface area is 192 Å². The average molecular weight is 475 g/mol. The molecule has 0 saturated carbocycles. The van der Waals surface area contributed by atoms with Crippen molar-refractivity contribution in [3.8, 4) is 0 Å². The maximum atomic E-state index is 12.7. The molecule has 0 aliphatic carbocycles. The number of ether oxygens (including phenoxy) is 1. The van der Waals surface area contributed by atoms with E-state index in [1.165, 1.54) is 24.1 Å². The zero-order chi connectivity index (χ0) is 23.5. The lowest BCUT2D eigenvalue weighted by Gasteiger charge is -2.16. The maximum absolute atomic E-state index is 12.7. The van der Waals surface area contributed by atoms with E-state index in [2.05, 4.69) is 0 Å². The van der Waals surface area contributed by atoms with Crippen molar-refractivity contribution in [2.75, 3.05) is 20.2 Å². The summed E-state index contributed by atoms with van der Waals surface area (Å²) in [6, 6.07) is 12.2. The Hall–Kier alpha value is -2.75. The van der Waals surface area contributed by atoms with E-state index in [1.54, 1.807) is 29.5 Å². The van der Waals surface area contributed by atoms with E-state index in [4.69, 9.17) is 4.74 Å². The number of esters is 1. The number of aryl methyl sites for hydroxylation is 2. The molecular weight excluding hydrogens is 448 g/mol. The molecule has 170 valence electrons. The first-order chi connectivity index (χ1) is 15.1. The normalized spacial score (nSPS) is 11.7. The van der Waals surface area contributed by atoms with Crippen LogP contribution in [0, 0.1) is 20.8 Å². The van der Waals surface area contributed by atoms with Crippen LogP contribution >= 0.6 is 11.3 Å². The first-order valence-corrected chi connectivity index (χ1v) is 12.3. The highest BCUT2D eigenvalue weighted by atomic mass is 32.2. The van der Waals surface area contributed by atoms with Crippen LogP contribution in [0.15, 0.2) is 52.7 Å². The lowest BCUT2D eigenvalue weighted by molar-refractivity contribution is -0.142. The number of aromatic nitrogens is 1. The second-order valence-electron chi connectivity index (χ2n) is 7.61. The molecule has 0 aliphatic heterocycles. The fraction of sp³-hybridized carbons (Fsp3) is 0.304. The van der Waals surface area contributed by atoms with E-state index in [9.17, 15) is 18.0 Å². The molecule has 0 spiro atoms. The summed E-state index contributed by atoms with van der Waals surface area (Å²) in [6.07, 6.45) is 0. The second kappa shape index (κ2) is 9.81. The third-order valence-corrected chi connectivity index (χ3v) is 7.89. The van der Waals surface area contributed by atoms with Gasteiger partial charge in [-0.3, -0.25) is 9.59 Å². The Morgan fingerprint density at radius 2 is 1.78 bits per heavy atom. The van der Waals surface area contributed by atoms with Crippen LogP contribution in [0.5, 0.6) is 0 Å². The molecule has 2 heterocycles. The number of hydrogen-bond acceptors (Lipinski definition) is 6. The van der Waals surface area contributed by atoms with Crippen LogP contribution in [0.3, 0.4) is 0 Å². The molecule has 0 aliphatic rings. The van der Waals surface area contributed by atoms with Gasteiger partial charge in [0.25, 0.3) is 0 Å². The summed E-state index contributed by atoms with van der Waals surface area (Å²) in [4.78, 5) is 26.1. The van der Waals surface area contributed by atoms with Gasteiger partial charge in [-0.05, 0) is 50.4 Å². The molecule has 0 unspecified atom stereocenters. The Morgan fingerprint density at radius 3 is 2.41 bits per heavy atom. The van der Waals surface area contributed by atoms with Crippen molar-refractivity contribution in [2.24, 2.45) is 0 Å². The summed E-state index contributed by atoms with van der Waals surface area (Å²) in [6.45, 7) is 5.38. The minimum atomic E-state index is -3.83. The summed E-state index contributed by atoms with van der Waals surface area (Å²) in [5, 5.41) is 2.01. The van der Waals surface area contributed by atoms with E-state index < -0.39 is 29.1 Å². The van der Waals surface area contributed by atoms with Gasteiger partial charge < -0.3 is 9.30 Å². The summed E-state index contributed by atoms with van der Waals surface area (Å²) in [7, 11) is -2.53. The number of benzene rings is 1. The van der Waals surface area contributed by atoms with E-state index in [1.807, 2.05) is 42.9 Å². The van der Waals surface area contributed by atoms with Crippen molar-refractivity contribution in [1.82, 2.24) is 8.87 Å². The Kier molecular flexibility index (Phi) is 7.33. The van der Waals surface area contributed by atoms with Crippen LogP contribution < -0.4 is 0 Å². The van der Waals surface area contributed by atoms with Gasteiger partial charge in [-0.2, -0.15) is 4.31 Å². The number of likely N-dealkylation sites (N-methyl/N-ethyl adjacent to an activating group) is 1. The van der Waals surface area contributed by atoms with Gasteiger partial charge in [0, 0.05) is 28.9 Å². The topological polar surface area (TPSA) is 85.7 Å².